The first-order valence-corrected chi connectivity index (χ1v) is 12.4. The predicted octanol–water partition coefficient (Wildman–Crippen LogP) is 2.31. The number of amides is 2. The summed E-state index contributed by atoms with van der Waals surface area (Å²) in [6, 6.07) is 9.11. The van der Waals surface area contributed by atoms with Crippen molar-refractivity contribution in [3.8, 4) is 0 Å². The Hall–Kier alpha value is -2.13. The maximum absolute atomic E-state index is 13.0. The molecule has 0 N–H and O–H groups in total. The third-order valence-corrected chi connectivity index (χ3v) is 7.41. The van der Waals surface area contributed by atoms with Gasteiger partial charge in [-0.3, -0.25) is 4.79 Å². The van der Waals surface area contributed by atoms with Gasteiger partial charge in [0.05, 0.1) is 11.7 Å². The first-order chi connectivity index (χ1) is 14.5. The van der Waals surface area contributed by atoms with E-state index in [0.717, 1.165) is 18.4 Å². The lowest BCUT2D eigenvalue weighted by molar-refractivity contribution is -0.138. The average Bonchev–Trinajstić information content (AvgIpc) is 2.72. The lowest BCUT2D eigenvalue weighted by atomic mass is 9.96. The molecule has 0 aromatic heterocycles. The van der Waals surface area contributed by atoms with Gasteiger partial charge >= 0.3 is 6.09 Å². The van der Waals surface area contributed by atoms with E-state index >= 15 is 0 Å². The van der Waals surface area contributed by atoms with Crippen LogP contribution in [-0.2, 0) is 25.3 Å². The number of piperazine rings is 1. The van der Waals surface area contributed by atoms with Gasteiger partial charge < -0.3 is 14.5 Å². The summed E-state index contributed by atoms with van der Waals surface area (Å²) in [6.45, 7) is 7.73. The second kappa shape index (κ2) is 9.56. The molecule has 2 heterocycles. The van der Waals surface area contributed by atoms with Crippen LogP contribution in [0.1, 0.15) is 39.2 Å². The molecule has 2 saturated heterocycles. The third kappa shape index (κ3) is 6.43. The van der Waals surface area contributed by atoms with Gasteiger partial charge in [0, 0.05) is 39.3 Å². The second-order valence-corrected chi connectivity index (χ2v) is 11.2. The van der Waals surface area contributed by atoms with E-state index in [9.17, 15) is 18.0 Å². The number of hydrogen-bond donors (Lipinski definition) is 0. The number of sulfonamides is 1. The lowest BCUT2D eigenvalue weighted by Crippen LogP contribution is -2.54. The van der Waals surface area contributed by atoms with Gasteiger partial charge in [0.2, 0.25) is 15.9 Å². The van der Waals surface area contributed by atoms with Crippen molar-refractivity contribution in [2.75, 3.05) is 39.3 Å². The summed E-state index contributed by atoms with van der Waals surface area (Å²) in [4.78, 5) is 28.7. The zero-order valence-corrected chi connectivity index (χ0v) is 19.4. The molecule has 9 heteroatoms. The first kappa shape index (κ1) is 23.5. The molecule has 1 atom stereocenters. The van der Waals surface area contributed by atoms with Crippen LogP contribution in [0.25, 0.3) is 0 Å². The maximum atomic E-state index is 13.0. The predicted molar refractivity (Wildman–Crippen MR) is 118 cm³/mol. The summed E-state index contributed by atoms with van der Waals surface area (Å²) in [7, 11) is -3.42. The molecule has 2 aliphatic heterocycles. The van der Waals surface area contributed by atoms with E-state index in [4.69, 9.17) is 4.74 Å². The van der Waals surface area contributed by atoms with Crippen LogP contribution in [-0.4, -0.2) is 79.4 Å². The quantitative estimate of drug-likeness (QED) is 0.701. The number of likely N-dealkylation sites (tertiary alicyclic amines) is 1. The number of benzene rings is 1. The third-order valence-electron chi connectivity index (χ3n) is 5.56. The van der Waals surface area contributed by atoms with Gasteiger partial charge in [-0.1, -0.05) is 30.3 Å². The van der Waals surface area contributed by atoms with Crippen molar-refractivity contribution in [1.29, 1.82) is 0 Å². The smallest absolute Gasteiger partial charge is 0.410 e. The minimum atomic E-state index is -3.42. The molecule has 1 aromatic carbocycles. The zero-order chi connectivity index (χ0) is 22.6. The molecule has 2 amide bonds. The average molecular weight is 452 g/mol. The molecule has 0 saturated carbocycles. The number of hydrogen-bond acceptors (Lipinski definition) is 5. The molecular weight excluding hydrogens is 418 g/mol. The Morgan fingerprint density at radius 1 is 1.00 bits per heavy atom. The van der Waals surface area contributed by atoms with Crippen LogP contribution in [0.4, 0.5) is 4.79 Å². The summed E-state index contributed by atoms with van der Waals surface area (Å²) >= 11 is 0. The molecule has 2 aliphatic rings. The Labute approximate surface area is 185 Å². The van der Waals surface area contributed by atoms with E-state index in [-0.39, 0.29) is 23.7 Å². The number of ether oxygens (including phenoxy) is 1. The molecule has 0 bridgehead atoms. The topological polar surface area (TPSA) is 87.2 Å². The number of nitrogens with zero attached hydrogens (tertiary/aromatic N) is 3. The molecular formula is C22H33N3O5S. The standard InChI is InChI=1S/C22H33N3O5S/c1-22(2,3)30-21(27)24-11-7-10-19(16-24)20(26)23-12-14-25(15-13-23)31(28,29)17-18-8-5-4-6-9-18/h4-6,8-9,19H,7,10-17H2,1-3H3. The van der Waals surface area contributed by atoms with E-state index in [1.165, 1.54) is 4.31 Å². The van der Waals surface area contributed by atoms with Crippen LogP contribution in [0.3, 0.4) is 0 Å². The lowest BCUT2D eigenvalue weighted by Gasteiger charge is -2.38. The first-order valence-electron chi connectivity index (χ1n) is 10.8. The van der Waals surface area contributed by atoms with Gasteiger partial charge in [0.1, 0.15) is 5.60 Å². The molecule has 1 unspecified atom stereocenters. The molecule has 3 rings (SSSR count). The van der Waals surface area contributed by atoms with Crippen LogP contribution in [0.2, 0.25) is 0 Å². The Kier molecular flexibility index (Phi) is 7.26. The fourth-order valence-electron chi connectivity index (χ4n) is 3.99. The highest BCUT2D eigenvalue weighted by atomic mass is 32.2. The largest absolute Gasteiger partial charge is 0.444 e. The minimum Gasteiger partial charge on any atom is -0.444 e. The normalized spacial score (nSPS) is 21.1. The maximum Gasteiger partial charge on any atom is 0.410 e. The summed E-state index contributed by atoms with van der Waals surface area (Å²) < 4.78 is 32.4. The van der Waals surface area contributed by atoms with Crippen LogP contribution >= 0.6 is 0 Å². The minimum absolute atomic E-state index is 0.00614. The van der Waals surface area contributed by atoms with Crippen molar-refractivity contribution in [3.63, 3.8) is 0 Å². The van der Waals surface area contributed by atoms with Gasteiger partial charge in [-0.15, -0.1) is 0 Å². The monoisotopic (exact) mass is 451 g/mol. The highest BCUT2D eigenvalue weighted by molar-refractivity contribution is 7.88. The summed E-state index contributed by atoms with van der Waals surface area (Å²) in [5.41, 5.74) is 0.181. The molecule has 31 heavy (non-hydrogen) atoms. The van der Waals surface area contributed by atoms with Crippen molar-refractivity contribution in [3.05, 3.63) is 35.9 Å². The molecule has 8 nitrogen and oxygen atoms in total. The number of piperidine rings is 1. The molecule has 1 aromatic rings. The Bertz CT molecular complexity index is 874. The highest BCUT2D eigenvalue weighted by Gasteiger charge is 2.35. The summed E-state index contributed by atoms with van der Waals surface area (Å²) in [5.74, 6) is -0.308. The Morgan fingerprint density at radius 3 is 2.26 bits per heavy atom. The van der Waals surface area contributed by atoms with Gasteiger partial charge in [-0.2, -0.15) is 4.31 Å². The van der Waals surface area contributed by atoms with Crippen molar-refractivity contribution in [2.24, 2.45) is 5.92 Å². The van der Waals surface area contributed by atoms with E-state index < -0.39 is 15.6 Å². The number of rotatable bonds is 4. The molecule has 2 fully saturated rings. The molecule has 0 spiro atoms. The van der Waals surface area contributed by atoms with Gasteiger partial charge in [0.25, 0.3) is 0 Å². The summed E-state index contributed by atoms with van der Waals surface area (Å²) in [6.07, 6.45) is 1.09. The van der Waals surface area contributed by atoms with Gasteiger partial charge in [-0.05, 0) is 39.2 Å². The van der Waals surface area contributed by atoms with E-state index in [2.05, 4.69) is 0 Å². The number of carbonyl (C=O) groups is 2. The van der Waals surface area contributed by atoms with Crippen molar-refractivity contribution in [2.45, 2.75) is 45.0 Å². The summed E-state index contributed by atoms with van der Waals surface area (Å²) in [5, 5.41) is 0. The number of carbonyl (C=O) groups excluding carboxylic acids is 2. The van der Waals surface area contributed by atoms with Crippen molar-refractivity contribution < 1.29 is 22.7 Å². The van der Waals surface area contributed by atoms with Gasteiger partial charge in [-0.25, -0.2) is 13.2 Å². The molecule has 0 radical (unpaired) electrons. The molecule has 172 valence electrons. The fourth-order valence-corrected chi connectivity index (χ4v) is 5.51. The van der Waals surface area contributed by atoms with Crippen LogP contribution < -0.4 is 0 Å². The van der Waals surface area contributed by atoms with Crippen molar-refractivity contribution in [1.82, 2.24) is 14.1 Å². The second-order valence-electron chi connectivity index (χ2n) is 9.23. The van der Waals surface area contributed by atoms with Gasteiger partial charge in [0.15, 0.2) is 0 Å². The Balaban J connectivity index is 1.53. The molecule has 0 aliphatic carbocycles. The Morgan fingerprint density at radius 2 is 1.65 bits per heavy atom. The van der Waals surface area contributed by atoms with Crippen molar-refractivity contribution >= 4 is 22.0 Å². The highest BCUT2D eigenvalue weighted by Crippen LogP contribution is 2.22. The zero-order valence-electron chi connectivity index (χ0n) is 18.6. The fraction of sp³-hybridized carbons (Fsp3) is 0.636. The van der Waals surface area contributed by atoms with Crippen LogP contribution in [0.15, 0.2) is 30.3 Å². The van der Waals surface area contributed by atoms with Crippen LogP contribution in [0.5, 0.6) is 0 Å². The SMILES string of the molecule is CC(C)(C)OC(=O)N1CCCC(C(=O)N2CCN(S(=O)(=O)Cc3ccccc3)CC2)C1. The van der Waals surface area contributed by atoms with E-state index in [1.54, 1.807) is 21.9 Å². The van der Waals surface area contributed by atoms with E-state index in [0.29, 0.717) is 39.3 Å². The van der Waals surface area contributed by atoms with E-state index in [1.807, 2.05) is 39.0 Å². The van der Waals surface area contributed by atoms with Crippen LogP contribution in [0, 0.1) is 5.92 Å².